The summed E-state index contributed by atoms with van der Waals surface area (Å²) in [5.74, 6) is 0.633. The van der Waals surface area contributed by atoms with E-state index in [1.54, 1.807) is 0 Å². The Bertz CT molecular complexity index is 505. The van der Waals surface area contributed by atoms with Gasteiger partial charge in [0.25, 0.3) is 0 Å². The summed E-state index contributed by atoms with van der Waals surface area (Å²) in [5, 5.41) is 8.93. The van der Waals surface area contributed by atoms with Crippen molar-refractivity contribution in [2.45, 2.75) is 77.8 Å². The minimum atomic E-state index is 0.0354. The molecule has 1 unspecified atom stereocenters. The molecule has 3 atom stereocenters. The Balaban J connectivity index is 1.90. The van der Waals surface area contributed by atoms with E-state index < -0.39 is 0 Å². The van der Waals surface area contributed by atoms with Crippen LogP contribution in [-0.4, -0.2) is 20.5 Å². The first kappa shape index (κ1) is 14.1. The monoisotopic (exact) mass is 276 g/mol. The summed E-state index contributed by atoms with van der Waals surface area (Å²) in [6, 6.07) is 0.488. The summed E-state index contributed by atoms with van der Waals surface area (Å²) < 4.78 is 2.19. The van der Waals surface area contributed by atoms with Crippen molar-refractivity contribution in [2.75, 3.05) is 0 Å². The first-order valence-corrected chi connectivity index (χ1v) is 8.19. The number of rotatable bonds is 3. The highest BCUT2D eigenvalue weighted by Gasteiger charge is 2.68. The number of hydrogen-bond acceptors (Lipinski definition) is 3. The minimum Gasteiger partial charge on any atom is -0.324 e. The average molecular weight is 276 g/mol. The molecule has 0 saturated heterocycles. The van der Waals surface area contributed by atoms with Gasteiger partial charge in [-0.2, -0.15) is 0 Å². The second kappa shape index (κ2) is 4.55. The van der Waals surface area contributed by atoms with Crippen molar-refractivity contribution in [1.29, 1.82) is 0 Å². The van der Waals surface area contributed by atoms with Gasteiger partial charge in [-0.3, -0.25) is 0 Å². The molecular weight excluding hydrogens is 248 g/mol. The van der Waals surface area contributed by atoms with E-state index >= 15 is 0 Å². The van der Waals surface area contributed by atoms with Crippen LogP contribution in [-0.2, 0) is 12.8 Å². The SMILES string of the molecule is CCC(CC)n1nnc2c1CC[C@@]1(N)C(C)[C@@]1(C)CC2. The molecule has 4 nitrogen and oxygen atoms in total. The smallest absolute Gasteiger partial charge is 0.0859 e. The van der Waals surface area contributed by atoms with Gasteiger partial charge >= 0.3 is 0 Å². The molecule has 0 aliphatic heterocycles. The highest BCUT2D eigenvalue weighted by Crippen LogP contribution is 2.65. The fourth-order valence-corrected chi connectivity index (χ4v) is 4.43. The lowest BCUT2D eigenvalue weighted by Gasteiger charge is -2.23. The summed E-state index contributed by atoms with van der Waals surface area (Å²) >= 11 is 0. The molecule has 1 heterocycles. The van der Waals surface area contributed by atoms with Crippen LogP contribution in [0.2, 0.25) is 0 Å². The van der Waals surface area contributed by atoms with Crippen molar-refractivity contribution in [3.63, 3.8) is 0 Å². The Hall–Kier alpha value is -0.900. The zero-order chi connectivity index (χ0) is 14.5. The summed E-state index contributed by atoms with van der Waals surface area (Å²) in [6.45, 7) is 9.13. The normalized spacial score (nSPS) is 36.2. The molecule has 1 fully saturated rings. The van der Waals surface area contributed by atoms with Crippen LogP contribution < -0.4 is 5.73 Å². The highest BCUT2D eigenvalue weighted by atomic mass is 15.4. The van der Waals surface area contributed by atoms with E-state index in [0.717, 1.165) is 38.5 Å². The van der Waals surface area contributed by atoms with Gasteiger partial charge in [0.2, 0.25) is 0 Å². The van der Waals surface area contributed by atoms with Gasteiger partial charge in [0.1, 0.15) is 0 Å². The van der Waals surface area contributed by atoms with Crippen molar-refractivity contribution >= 4 is 0 Å². The number of nitrogens with two attached hydrogens (primary N) is 1. The third-order valence-electron chi connectivity index (χ3n) is 6.52. The molecule has 1 saturated carbocycles. The van der Waals surface area contributed by atoms with Crippen LogP contribution in [0.3, 0.4) is 0 Å². The molecule has 112 valence electrons. The molecule has 0 bridgehead atoms. The summed E-state index contributed by atoms with van der Waals surface area (Å²) in [4.78, 5) is 0. The van der Waals surface area contributed by atoms with Crippen LogP contribution in [0.5, 0.6) is 0 Å². The standard InChI is InChI=1S/C16H28N4/c1-5-12(6-2)20-14-8-10-16(17)11(3)15(16,4)9-7-13(14)18-19-20/h11-12H,5-10,17H2,1-4H3/t11?,15-,16-/m1/s1. The molecule has 0 spiro atoms. The summed E-state index contributed by atoms with van der Waals surface area (Å²) in [7, 11) is 0. The van der Waals surface area contributed by atoms with Gasteiger partial charge in [0.15, 0.2) is 0 Å². The van der Waals surface area contributed by atoms with Crippen LogP contribution in [0.25, 0.3) is 0 Å². The van der Waals surface area contributed by atoms with Crippen LogP contribution in [0, 0.1) is 11.3 Å². The fraction of sp³-hybridized carbons (Fsp3) is 0.875. The molecule has 1 aromatic rings. The molecular formula is C16H28N4. The van der Waals surface area contributed by atoms with E-state index in [-0.39, 0.29) is 5.54 Å². The Kier molecular flexibility index (Phi) is 3.20. The topological polar surface area (TPSA) is 56.7 Å². The summed E-state index contributed by atoms with van der Waals surface area (Å²) in [5.41, 5.74) is 9.58. The predicted octanol–water partition coefficient (Wildman–Crippen LogP) is 2.87. The van der Waals surface area contributed by atoms with Gasteiger partial charge in [-0.05, 0) is 49.9 Å². The summed E-state index contributed by atoms with van der Waals surface area (Å²) in [6.07, 6.45) is 6.54. The molecule has 0 radical (unpaired) electrons. The third kappa shape index (κ3) is 1.70. The van der Waals surface area contributed by atoms with E-state index in [4.69, 9.17) is 5.73 Å². The highest BCUT2D eigenvalue weighted by molar-refractivity contribution is 5.27. The van der Waals surface area contributed by atoms with Gasteiger partial charge in [-0.1, -0.05) is 32.9 Å². The van der Waals surface area contributed by atoms with Crippen LogP contribution in [0.1, 0.15) is 70.8 Å². The van der Waals surface area contributed by atoms with Crippen molar-refractivity contribution in [3.8, 4) is 0 Å². The zero-order valence-corrected chi connectivity index (χ0v) is 13.3. The largest absolute Gasteiger partial charge is 0.324 e. The Morgan fingerprint density at radius 2 is 2.00 bits per heavy atom. The minimum absolute atomic E-state index is 0.0354. The molecule has 20 heavy (non-hydrogen) atoms. The molecule has 2 aliphatic rings. The number of nitrogens with zero attached hydrogens (tertiary/aromatic N) is 3. The molecule has 1 aromatic heterocycles. The van der Waals surface area contributed by atoms with Crippen molar-refractivity contribution in [1.82, 2.24) is 15.0 Å². The predicted molar refractivity (Wildman–Crippen MR) is 80.5 cm³/mol. The number of fused-ring (bicyclic) bond motifs is 2. The first-order chi connectivity index (χ1) is 9.48. The quantitative estimate of drug-likeness (QED) is 0.923. The first-order valence-electron chi connectivity index (χ1n) is 8.19. The Morgan fingerprint density at radius 1 is 1.30 bits per heavy atom. The van der Waals surface area contributed by atoms with Crippen molar-refractivity contribution in [3.05, 3.63) is 11.4 Å². The zero-order valence-electron chi connectivity index (χ0n) is 13.3. The van der Waals surface area contributed by atoms with E-state index in [9.17, 15) is 0 Å². The van der Waals surface area contributed by atoms with E-state index in [2.05, 4.69) is 42.7 Å². The van der Waals surface area contributed by atoms with Gasteiger partial charge in [0, 0.05) is 5.54 Å². The third-order valence-corrected chi connectivity index (χ3v) is 6.52. The van der Waals surface area contributed by atoms with Gasteiger partial charge < -0.3 is 5.73 Å². The number of aryl methyl sites for hydroxylation is 1. The molecule has 3 rings (SSSR count). The Morgan fingerprint density at radius 3 is 2.65 bits per heavy atom. The Labute approximate surface area is 122 Å². The molecule has 2 N–H and O–H groups in total. The van der Waals surface area contributed by atoms with Gasteiger partial charge in [-0.15, -0.1) is 5.10 Å². The van der Waals surface area contributed by atoms with E-state index in [1.165, 1.54) is 11.4 Å². The fourth-order valence-electron chi connectivity index (χ4n) is 4.43. The lowest BCUT2D eigenvalue weighted by molar-refractivity contribution is 0.372. The second-order valence-electron chi connectivity index (χ2n) is 7.08. The van der Waals surface area contributed by atoms with Crippen molar-refractivity contribution in [2.24, 2.45) is 17.1 Å². The van der Waals surface area contributed by atoms with E-state index in [1.807, 2.05) is 0 Å². The van der Waals surface area contributed by atoms with Crippen LogP contribution in [0.15, 0.2) is 0 Å². The lowest BCUT2D eigenvalue weighted by atomic mass is 9.88. The molecule has 2 aliphatic carbocycles. The van der Waals surface area contributed by atoms with E-state index in [0.29, 0.717) is 17.4 Å². The molecule has 0 aromatic carbocycles. The maximum Gasteiger partial charge on any atom is 0.0859 e. The van der Waals surface area contributed by atoms with Gasteiger partial charge in [-0.25, -0.2) is 4.68 Å². The molecule has 0 amide bonds. The molecule has 4 heteroatoms. The van der Waals surface area contributed by atoms with Crippen molar-refractivity contribution < 1.29 is 0 Å². The maximum atomic E-state index is 6.67. The lowest BCUT2D eigenvalue weighted by Crippen LogP contribution is -2.33. The second-order valence-corrected chi connectivity index (χ2v) is 7.08. The number of hydrogen-bond donors (Lipinski definition) is 1. The average Bonchev–Trinajstić information content (AvgIpc) is 2.78. The van der Waals surface area contributed by atoms with Crippen LogP contribution in [0.4, 0.5) is 0 Å². The van der Waals surface area contributed by atoms with Crippen LogP contribution >= 0.6 is 0 Å². The maximum absolute atomic E-state index is 6.67. The van der Waals surface area contributed by atoms with Gasteiger partial charge in [0.05, 0.1) is 17.4 Å². The number of aromatic nitrogens is 3.